The number of nitrogens with zero attached hydrogens (tertiary/aromatic N) is 1. The first-order chi connectivity index (χ1) is 14.6. The number of para-hydroxylation sites is 1. The van der Waals surface area contributed by atoms with Gasteiger partial charge in [-0.3, -0.25) is 9.78 Å². The quantitative estimate of drug-likeness (QED) is 0.395. The van der Waals surface area contributed by atoms with Crippen molar-refractivity contribution in [2.75, 3.05) is 10.6 Å². The molecule has 150 valence electrons. The van der Waals surface area contributed by atoms with Gasteiger partial charge in [0, 0.05) is 34.1 Å². The SMILES string of the molecule is Cc1sc(NC(=O)c2ccccc2)c(C(Nc2ccccc2)c2cccnc2)c1C. The number of thiophene rings is 1. The topological polar surface area (TPSA) is 54.0 Å². The molecule has 0 aliphatic carbocycles. The van der Waals surface area contributed by atoms with Crippen molar-refractivity contribution in [1.82, 2.24) is 4.98 Å². The minimum Gasteiger partial charge on any atom is -0.374 e. The standard InChI is InChI=1S/C25H23N3OS/c1-17-18(2)30-25(28-24(29)19-10-5-3-6-11-19)22(17)23(20-12-9-15-26-16-20)27-21-13-7-4-8-14-21/h3-16,23,27H,1-2H3,(H,28,29). The van der Waals surface area contributed by atoms with Crippen molar-refractivity contribution in [3.63, 3.8) is 0 Å². The Morgan fingerprint density at radius 2 is 1.63 bits per heavy atom. The van der Waals surface area contributed by atoms with Crippen LogP contribution in [0.5, 0.6) is 0 Å². The normalized spacial score (nSPS) is 11.7. The second-order valence-corrected chi connectivity index (χ2v) is 8.30. The molecule has 0 fully saturated rings. The number of amides is 1. The van der Waals surface area contributed by atoms with E-state index in [4.69, 9.17) is 0 Å². The molecule has 0 saturated heterocycles. The van der Waals surface area contributed by atoms with E-state index < -0.39 is 0 Å². The Bertz CT molecular complexity index is 1130. The van der Waals surface area contributed by atoms with Crippen LogP contribution in [0, 0.1) is 13.8 Å². The molecule has 5 heteroatoms. The summed E-state index contributed by atoms with van der Waals surface area (Å²) in [5, 5.41) is 7.64. The molecule has 4 nitrogen and oxygen atoms in total. The Labute approximate surface area is 180 Å². The highest BCUT2D eigenvalue weighted by molar-refractivity contribution is 7.16. The minimum atomic E-state index is -0.142. The van der Waals surface area contributed by atoms with E-state index in [9.17, 15) is 4.79 Å². The Hall–Kier alpha value is -3.44. The predicted octanol–water partition coefficient (Wildman–Crippen LogP) is 6.21. The number of rotatable bonds is 6. The fourth-order valence-corrected chi connectivity index (χ4v) is 4.51. The third kappa shape index (κ3) is 4.26. The molecular weight excluding hydrogens is 390 g/mol. The van der Waals surface area contributed by atoms with Crippen LogP contribution in [0.2, 0.25) is 0 Å². The first-order valence-corrected chi connectivity index (χ1v) is 10.6. The highest BCUT2D eigenvalue weighted by Crippen LogP contribution is 2.41. The number of benzene rings is 2. The molecule has 0 saturated carbocycles. The van der Waals surface area contributed by atoms with Gasteiger partial charge in [-0.05, 0) is 55.3 Å². The average Bonchev–Trinajstić information content (AvgIpc) is 3.07. The second-order valence-electron chi connectivity index (χ2n) is 7.08. The summed E-state index contributed by atoms with van der Waals surface area (Å²) in [6.07, 6.45) is 3.64. The first-order valence-electron chi connectivity index (χ1n) is 9.81. The smallest absolute Gasteiger partial charge is 0.256 e. The fraction of sp³-hybridized carbons (Fsp3) is 0.120. The molecule has 2 aromatic heterocycles. The van der Waals surface area contributed by atoms with Gasteiger partial charge in [0.05, 0.1) is 6.04 Å². The third-order valence-corrected chi connectivity index (χ3v) is 6.22. The van der Waals surface area contributed by atoms with Crippen molar-refractivity contribution in [2.24, 2.45) is 0 Å². The predicted molar refractivity (Wildman–Crippen MR) is 124 cm³/mol. The van der Waals surface area contributed by atoms with Crippen LogP contribution in [0.1, 0.15) is 38.0 Å². The van der Waals surface area contributed by atoms with Crippen LogP contribution < -0.4 is 10.6 Å². The Balaban J connectivity index is 1.76. The van der Waals surface area contributed by atoms with Crippen LogP contribution in [-0.2, 0) is 0 Å². The van der Waals surface area contributed by atoms with Gasteiger partial charge in [0.15, 0.2) is 0 Å². The number of carbonyl (C=O) groups excluding carboxylic acids is 1. The Kier molecular flexibility index (Phi) is 5.91. The van der Waals surface area contributed by atoms with Crippen molar-refractivity contribution in [3.8, 4) is 0 Å². The Morgan fingerprint density at radius 1 is 0.933 bits per heavy atom. The lowest BCUT2D eigenvalue weighted by atomic mass is 9.97. The van der Waals surface area contributed by atoms with E-state index in [1.165, 1.54) is 10.4 Å². The molecule has 30 heavy (non-hydrogen) atoms. The number of hydrogen-bond donors (Lipinski definition) is 2. The van der Waals surface area contributed by atoms with Crippen molar-refractivity contribution in [1.29, 1.82) is 0 Å². The molecule has 1 unspecified atom stereocenters. The summed E-state index contributed by atoms with van der Waals surface area (Å²) in [4.78, 5) is 18.4. The van der Waals surface area contributed by atoms with Crippen LogP contribution >= 0.6 is 11.3 Å². The molecule has 2 aromatic carbocycles. The number of hydrogen-bond acceptors (Lipinski definition) is 4. The zero-order valence-corrected chi connectivity index (χ0v) is 17.7. The van der Waals surface area contributed by atoms with Crippen molar-refractivity contribution >= 4 is 27.9 Å². The number of pyridine rings is 1. The minimum absolute atomic E-state index is 0.109. The summed E-state index contributed by atoms with van der Waals surface area (Å²) in [5.74, 6) is -0.109. The maximum Gasteiger partial charge on any atom is 0.256 e. The summed E-state index contributed by atoms with van der Waals surface area (Å²) in [6.45, 7) is 4.19. The highest BCUT2D eigenvalue weighted by Gasteiger charge is 2.25. The van der Waals surface area contributed by atoms with Gasteiger partial charge < -0.3 is 10.6 Å². The molecule has 0 bridgehead atoms. The highest BCUT2D eigenvalue weighted by atomic mass is 32.1. The molecular formula is C25H23N3OS. The zero-order valence-electron chi connectivity index (χ0n) is 16.9. The van der Waals surface area contributed by atoms with E-state index >= 15 is 0 Å². The van der Waals surface area contributed by atoms with E-state index in [0.29, 0.717) is 5.56 Å². The second kappa shape index (κ2) is 8.93. The molecule has 0 aliphatic heterocycles. The summed E-state index contributed by atoms with van der Waals surface area (Å²) in [5.41, 5.74) is 4.92. The van der Waals surface area contributed by atoms with E-state index in [2.05, 4.69) is 35.5 Å². The lowest BCUT2D eigenvalue weighted by Crippen LogP contribution is -2.17. The maximum atomic E-state index is 12.9. The van der Waals surface area contributed by atoms with E-state index in [-0.39, 0.29) is 11.9 Å². The summed E-state index contributed by atoms with van der Waals surface area (Å²) in [6, 6.07) is 23.2. The third-order valence-electron chi connectivity index (χ3n) is 5.09. The molecule has 2 heterocycles. The molecule has 1 amide bonds. The maximum absolute atomic E-state index is 12.9. The average molecular weight is 414 g/mol. The van der Waals surface area contributed by atoms with Crippen molar-refractivity contribution in [3.05, 3.63) is 112 Å². The molecule has 0 radical (unpaired) electrons. The van der Waals surface area contributed by atoms with Gasteiger partial charge in [0.2, 0.25) is 0 Å². The van der Waals surface area contributed by atoms with E-state index in [0.717, 1.165) is 21.8 Å². The first kappa shape index (κ1) is 19.9. The van der Waals surface area contributed by atoms with Crippen molar-refractivity contribution in [2.45, 2.75) is 19.9 Å². The van der Waals surface area contributed by atoms with Crippen LogP contribution in [-0.4, -0.2) is 10.9 Å². The molecule has 1 atom stereocenters. The molecule has 4 rings (SSSR count). The van der Waals surface area contributed by atoms with Crippen LogP contribution in [0.4, 0.5) is 10.7 Å². The molecule has 4 aromatic rings. The number of nitrogens with one attached hydrogen (secondary N) is 2. The van der Waals surface area contributed by atoms with E-state index in [1.54, 1.807) is 17.5 Å². The van der Waals surface area contributed by atoms with Crippen LogP contribution in [0.25, 0.3) is 0 Å². The number of aromatic nitrogens is 1. The summed E-state index contributed by atoms with van der Waals surface area (Å²) >= 11 is 1.61. The van der Waals surface area contributed by atoms with Gasteiger partial charge in [-0.1, -0.05) is 42.5 Å². The number of carbonyl (C=O) groups is 1. The Morgan fingerprint density at radius 3 is 2.30 bits per heavy atom. The van der Waals surface area contributed by atoms with Gasteiger partial charge in [-0.15, -0.1) is 11.3 Å². The lowest BCUT2D eigenvalue weighted by molar-refractivity contribution is 0.102. The van der Waals surface area contributed by atoms with Crippen LogP contribution in [0.15, 0.2) is 85.2 Å². The molecule has 0 spiro atoms. The lowest BCUT2D eigenvalue weighted by Gasteiger charge is -2.22. The van der Waals surface area contributed by atoms with Gasteiger partial charge in [0.25, 0.3) is 5.91 Å². The van der Waals surface area contributed by atoms with Gasteiger partial charge >= 0.3 is 0 Å². The largest absolute Gasteiger partial charge is 0.374 e. The number of aryl methyl sites for hydroxylation is 1. The van der Waals surface area contributed by atoms with Gasteiger partial charge in [-0.2, -0.15) is 0 Å². The molecule has 2 N–H and O–H groups in total. The van der Waals surface area contributed by atoms with Crippen molar-refractivity contribution < 1.29 is 4.79 Å². The van der Waals surface area contributed by atoms with Gasteiger partial charge in [-0.25, -0.2) is 0 Å². The monoisotopic (exact) mass is 413 g/mol. The van der Waals surface area contributed by atoms with E-state index in [1.807, 2.05) is 72.9 Å². The fourth-order valence-electron chi connectivity index (χ4n) is 3.42. The number of anilines is 2. The summed E-state index contributed by atoms with van der Waals surface area (Å²) in [7, 11) is 0. The van der Waals surface area contributed by atoms with Crippen LogP contribution in [0.3, 0.4) is 0 Å². The zero-order chi connectivity index (χ0) is 20.9. The summed E-state index contributed by atoms with van der Waals surface area (Å²) < 4.78 is 0. The molecule has 0 aliphatic rings. The van der Waals surface area contributed by atoms with Gasteiger partial charge in [0.1, 0.15) is 5.00 Å².